The van der Waals surface area contributed by atoms with E-state index in [1.165, 1.54) is 18.4 Å². The van der Waals surface area contributed by atoms with Gasteiger partial charge in [-0.1, -0.05) is 0 Å². The van der Waals surface area contributed by atoms with E-state index in [-0.39, 0.29) is 12.8 Å². The molecule has 1 aromatic carbocycles. The van der Waals surface area contributed by atoms with Crippen molar-refractivity contribution in [1.29, 1.82) is 0 Å². The molecule has 0 aromatic heterocycles. The molecule has 1 aromatic rings. The number of aliphatic imine (C=N–C) groups is 1. The van der Waals surface area contributed by atoms with Crippen LogP contribution >= 0.6 is 15.9 Å². The van der Waals surface area contributed by atoms with Crippen LogP contribution in [0.2, 0.25) is 0 Å². The van der Waals surface area contributed by atoms with Gasteiger partial charge in [0.2, 0.25) is 6.79 Å². The summed E-state index contributed by atoms with van der Waals surface area (Å²) < 4.78 is 11.9. The molecule has 5 nitrogen and oxygen atoms in total. The van der Waals surface area contributed by atoms with Crippen molar-refractivity contribution in [2.75, 3.05) is 19.9 Å². The number of nitrogens with two attached hydrogens (primary N) is 1. The molecule has 0 saturated heterocycles. The summed E-state index contributed by atoms with van der Waals surface area (Å²) in [6.07, 6.45) is 2.61. The Kier molecular flexibility index (Phi) is 2.80. The van der Waals surface area contributed by atoms with Crippen LogP contribution in [0.1, 0.15) is 24.4 Å². The van der Waals surface area contributed by atoms with Crippen LogP contribution < -0.4 is 15.2 Å². The molecule has 1 saturated carbocycles. The van der Waals surface area contributed by atoms with E-state index in [2.05, 4.69) is 31.9 Å². The minimum Gasteiger partial charge on any atom is -0.454 e. The Morgan fingerprint density at radius 1 is 1.35 bits per heavy atom. The second-order valence-electron chi connectivity index (χ2n) is 5.55. The van der Waals surface area contributed by atoms with E-state index in [4.69, 9.17) is 15.2 Å². The van der Waals surface area contributed by atoms with Crippen molar-refractivity contribution in [3.8, 4) is 11.5 Å². The minimum atomic E-state index is 0.210. The normalized spacial score (nSPS) is 24.1. The molecule has 0 radical (unpaired) electrons. The molecule has 1 aliphatic carbocycles. The summed E-state index contributed by atoms with van der Waals surface area (Å²) in [4.78, 5) is 6.64. The lowest BCUT2D eigenvalue weighted by Crippen LogP contribution is -2.37. The van der Waals surface area contributed by atoms with Gasteiger partial charge in [0, 0.05) is 6.54 Å². The van der Waals surface area contributed by atoms with Crippen LogP contribution in [-0.2, 0) is 0 Å². The van der Waals surface area contributed by atoms with Crippen LogP contribution in [0.3, 0.4) is 0 Å². The van der Waals surface area contributed by atoms with Crippen molar-refractivity contribution in [2.24, 2.45) is 16.6 Å². The first-order valence-electron chi connectivity index (χ1n) is 6.88. The zero-order chi connectivity index (χ0) is 13.7. The third kappa shape index (κ3) is 2.02. The highest BCUT2D eigenvalue weighted by Gasteiger charge is 2.34. The Hall–Kier alpha value is -1.43. The highest BCUT2D eigenvalue weighted by molar-refractivity contribution is 9.10. The lowest BCUT2D eigenvalue weighted by Gasteiger charge is -2.26. The summed E-state index contributed by atoms with van der Waals surface area (Å²) in [5, 5.41) is 0. The average Bonchev–Trinajstić information content (AvgIpc) is 2.98. The van der Waals surface area contributed by atoms with E-state index in [9.17, 15) is 0 Å². The maximum Gasteiger partial charge on any atom is 0.231 e. The van der Waals surface area contributed by atoms with E-state index in [1.807, 2.05) is 6.07 Å². The molecular formula is C14H16BrN3O2. The SMILES string of the molecule is NC1=NCC(c2cc(Br)c3c(c2)OCO3)N1CC1CC1. The average molecular weight is 338 g/mol. The van der Waals surface area contributed by atoms with Crippen LogP contribution in [0.25, 0.3) is 0 Å². The minimum absolute atomic E-state index is 0.210. The quantitative estimate of drug-likeness (QED) is 0.918. The van der Waals surface area contributed by atoms with Crippen molar-refractivity contribution in [2.45, 2.75) is 18.9 Å². The first-order chi connectivity index (χ1) is 9.72. The van der Waals surface area contributed by atoms with E-state index < -0.39 is 0 Å². The highest BCUT2D eigenvalue weighted by Crippen LogP contribution is 2.43. The molecule has 1 atom stereocenters. The van der Waals surface area contributed by atoms with E-state index in [0.717, 1.165) is 28.4 Å². The number of guanidine groups is 1. The number of benzene rings is 1. The summed E-state index contributed by atoms with van der Waals surface area (Å²) >= 11 is 3.55. The molecule has 4 rings (SSSR count). The lowest BCUT2D eigenvalue weighted by molar-refractivity contribution is 0.173. The number of hydrogen-bond donors (Lipinski definition) is 1. The van der Waals surface area contributed by atoms with Gasteiger partial charge in [0.05, 0.1) is 17.1 Å². The number of nitrogens with zero attached hydrogens (tertiary/aromatic N) is 2. The Bertz CT molecular complexity index is 586. The van der Waals surface area contributed by atoms with Crippen molar-refractivity contribution >= 4 is 21.9 Å². The molecule has 0 spiro atoms. The maximum atomic E-state index is 6.04. The van der Waals surface area contributed by atoms with Crippen molar-refractivity contribution in [3.63, 3.8) is 0 Å². The van der Waals surface area contributed by atoms with Crippen LogP contribution in [0, 0.1) is 5.92 Å². The Labute approximate surface area is 125 Å². The predicted octanol–water partition coefficient (Wildman–Crippen LogP) is 2.26. The standard InChI is InChI=1S/C14H16BrN3O2/c15-10-3-9(4-12-13(10)20-7-19-12)11-5-17-14(16)18(11)6-8-1-2-8/h3-4,8,11H,1-2,5-7H2,(H2,16,17). The second kappa shape index (κ2) is 4.55. The van der Waals surface area contributed by atoms with Gasteiger partial charge >= 0.3 is 0 Å². The molecule has 6 heteroatoms. The van der Waals surface area contributed by atoms with Gasteiger partial charge in [0.15, 0.2) is 17.5 Å². The summed E-state index contributed by atoms with van der Waals surface area (Å²) in [7, 11) is 0. The molecule has 3 aliphatic rings. The molecule has 1 unspecified atom stereocenters. The van der Waals surface area contributed by atoms with E-state index in [1.54, 1.807) is 0 Å². The van der Waals surface area contributed by atoms with Gasteiger partial charge in [-0.15, -0.1) is 0 Å². The van der Waals surface area contributed by atoms with Gasteiger partial charge in [-0.05, 0) is 52.4 Å². The molecule has 2 aliphatic heterocycles. The van der Waals surface area contributed by atoms with Gasteiger partial charge in [-0.2, -0.15) is 0 Å². The van der Waals surface area contributed by atoms with Crippen molar-refractivity contribution < 1.29 is 9.47 Å². The second-order valence-corrected chi connectivity index (χ2v) is 6.40. The number of rotatable bonds is 3. The van der Waals surface area contributed by atoms with Gasteiger partial charge < -0.3 is 20.1 Å². The number of halogens is 1. The van der Waals surface area contributed by atoms with E-state index in [0.29, 0.717) is 12.5 Å². The van der Waals surface area contributed by atoms with Gasteiger partial charge in [0.25, 0.3) is 0 Å². The smallest absolute Gasteiger partial charge is 0.231 e. The molecule has 20 heavy (non-hydrogen) atoms. The van der Waals surface area contributed by atoms with Crippen LogP contribution in [0.5, 0.6) is 11.5 Å². The summed E-state index contributed by atoms with van der Waals surface area (Å²) in [6.45, 7) is 2.00. The third-order valence-corrected chi connectivity index (χ3v) is 4.67. The predicted molar refractivity (Wildman–Crippen MR) is 78.9 cm³/mol. The zero-order valence-corrected chi connectivity index (χ0v) is 12.6. The van der Waals surface area contributed by atoms with Crippen molar-refractivity contribution in [3.05, 3.63) is 22.2 Å². The van der Waals surface area contributed by atoms with Gasteiger partial charge in [-0.3, -0.25) is 4.99 Å². The molecule has 1 fully saturated rings. The summed E-state index contributed by atoms with van der Waals surface area (Å²) in [5.74, 6) is 3.03. The van der Waals surface area contributed by atoms with Gasteiger partial charge in [0.1, 0.15) is 0 Å². The lowest BCUT2D eigenvalue weighted by atomic mass is 10.1. The molecule has 0 bridgehead atoms. The number of ether oxygens (including phenoxy) is 2. The Morgan fingerprint density at radius 2 is 2.20 bits per heavy atom. The molecule has 2 heterocycles. The topological polar surface area (TPSA) is 60.1 Å². The largest absolute Gasteiger partial charge is 0.454 e. The monoisotopic (exact) mass is 337 g/mol. The van der Waals surface area contributed by atoms with Crippen LogP contribution in [0.4, 0.5) is 0 Å². The number of fused-ring (bicyclic) bond motifs is 1. The van der Waals surface area contributed by atoms with Crippen molar-refractivity contribution in [1.82, 2.24) is 4.90 Å². The molecule has 106 valence electrons. The van der Waals surface area contributed by atoms with Crippen LogP contribution in [0.15, 0.2) is 21.6 Å². The fourth-order valence-corrected chi connectivity index (χ4v) is 3.37. The maximum absolute atomic E-state index is 6.04. The van der Waals surface area contributed by atoms with Gasteiger partial charge in [-0.25, -0.2) is 0 Å². The third-order valence-electron chi connectivity index (χ3n) is 4.08. The van der Waals surface area contributed by atoms with Crippen LogP contribution in [-0.4, -0.2) is 30.7 Å². The number of hydrogen-bond acceptors (Lipinski definition) is 5. The first-order valence-corrected chi connectivity index (χ1v) is 7.67. The Balaban J connectivity index is 1.64. The molecular weight excluding hydrogens is 322 g/mol. The fraction of sp³-hybridized carbons (Fsp3) is 0.500. The Morgan fingerprint density at radius 3 is 3.00 bits per heavy atom. The first kappa shape index (κ1) is 12.3. The summed E-state index contributed by atoms with van der Waals surface area (Å²) in [6, 6.07) is 4.35. The summed E-state index contributed by atoms with van der Waals surface area (Å²) in [5.41, 5.74) is 7.21. The van der Waals surface area contributed by atoms with E-state index >= 15 is 0 Å². The zero-order valence-electron chi connectivity index (χ0n) is 11.0. The molecule has 0 amide bonds. The molecule has 2 N–H and O–H groups in total. The fourth-order valence-electron chi connectivity index (χ4n) is 2.79. The highest BCUT2D eigenvalue weighted by atomic mass is 79.9.